The van der Waals surface area contributed by atoms with Crippen molar-refractivity contribution in [3.8, 4) is 0 Å². The summed E-state index contributed by atoms with van der Waals surface area (Å²) in [6.07, 6.45) is 0.643. The number of rotatable bonds is 4. The van der Waals surface area contributed by atoms with E-state index < -0.39 is 0 Å². The molecule has 0 aliphatic heterocycles. The zero-order chi connectivity index (χ0) is 12.1. The normalized spacial score (nSPS) is 12.2. The molecule has 1 aromatic carbocycles. The van der Waals surface area contributed by atoms with E-state index in [2.05, 4.69) is 5.32 Å². The monoisotopic (exact) mass is 261 g/mol. The average molecular weight is 262 g/mol. The van der Waals surface area contributed by atoms with E-state index >= 15 is 0 Å². The zero-order valence-electron chi connectivity index (χ0n) is 8.84. The largest absolute Gasteiger partial charge is 0.394 e. The molecule has 3 nitrogen and oxygen atoms in total. The summed E-state index contributed by atoms with van der Waals surface area (Å²) in [5, 5.41) is 12.2. The molecule has 0 saturated carbocycles. The first-order chi connectivity index (χ1) is 7.60. The molecule has 88 valence electrons. The Bertz CT molecular complexity index is 358. The Hall–Kier alpha value is -0.770. The number of amides is 1. The molecule has 0 radical (unpaired) electrons. The van der Waals surface area contributed by atoms with Crippen LogP contribution in [0.1, 0.15) is 23.7 Å². The van der Waals surface area contributed by atoms with Crippen LogP contribution in [-0.4, -0.2) is 23.7 Å². The van der Waals surface area contributed by atoms with E-state index in [9.17, 15) is 4.79 Å². The summed E-state index contributed by atoms with van der Waals surface area (Å²) in [6.45, 7) is 1.76. The lowest BCUT2D eigenvalue weighted by Gasteiger charge is -2.15. The lowest BCUT2D eigenvalue weighted by Crippen LogP contribution is -2.37. The molecule has 0 aromatic heterocycles. The van der Waals surface area contributed by atoms with Gasteiger partial charge >= 0.3 is 0 Å². The highest BCUT2D eigenvalue weighted by Gasteiger charge is 2.16. The maximum atomic E-state index is 11.8. The van der Waals surface area contributed by atoms with Crippen LogP contribution in [0.3, 0.4) is 0 Å². The molecular formula is C11H13Cl2NO2. The minimum Gasteiger partial charge on any atom is -0.394 e. The number of hydrogen-bond donors (Lipinski definition) is 2. The Morgan fingerprint density at radius 2 is 2.00 bits per heavy atom. The van der Waals surface area contributed by atoms with E-state index in [0.29, 0.717) is 16.5 Å². The summed E-state index contributed by atoms with van der Waals surface area (Å²) in [7, 11) is 0. The van der Waals surface area contributed by atoms with Gasteiger partial charge in [0.15, 0.2) is 0 Å². The third-order valence-electron chi connectivity index (χ3n) is 2.24. The van der Waals surface area contributed by atoms with Crippen molar-refractivity contribution in [2.24, 2.45) is 0 Å². The molecule has 0 aliphatic rings. The number of carbonyl (C=O) groups excluding carboxylic acids is 1. The third-order valence-corrected chi connectivity index (χ3v) is 2.87. The molecule has 0 fully saturated rings. The quantitative estimate of drug-likeness (QED) is 0.875. The van der Waals surface area contributed by atoms with Crippen LogP contribution < -0.4 is 5.32 Å². The van der Waals surface area contributed by atoms with Gasteiger partial charge in [-0.25, -0.2) is 0 Å². The van der Waals surface area contributed by atoms with Gasteiger partial charge in [-0.05, 0) is 18.6 Å². The molecule has 0 bridgehead atoms. The van der Waals surface area contributed by atoms with Gasteiger partial charge < -0.3 is 10.4 Å². The maximum absolute atomic E-state index is 11.8. The highest BCUT2D eigenvalue weighted by atomic mass is 35.5. The van der Waals surface area contributed by atoms with Crippen molar-refractivity contribution in [1.29, 1.82) is 0 Å². The van der Waals surface area contributed by atoms with Crippen LogP contribution in [0.25, 0.3) is 0 Å². The van der Waals surface area contributed by atoms with Crippen LogP contribution in [0.15, 0.2) is 18.2 Å². The number of aliphatic hydroxyl groups excluding tert-OH is 1. The highest BCUT2D eigenvalue weighted by molar-refractivity contribution is 6.39. The second kappa shape index (κ2) is 6.09. The Kier molecular flexibility index (Phi) is 5.06. The van der Waals surface area contributed by atoms with Crippen LogP contribution in [0, 0.1) is 0 Å². The van der Waals surface area contributed by atoms with Crippen LogP contribution in [0.2, 0.25) is 10.0 Å². The smallest absolute Gasteiger partial charge is 0.254 e. The first-order valence-electron chi connectivity index (χ1n) is 4.95. The number of benzene rings is 1. The van der Waals surface area contributed by atoms with Crippen LogP contribution in [0.4, 0.5) is 0 Å². The van der Waals surface area contributed by atoms with E-state index in [1.165, 1.54) is 0 Å². The molecule has 0 aliphatic carbocycles. The van der Waals surface area contributed by atoms with Crippen molar-refractivity contribution < 1.29 is 9.90 Å². The number of aliphatic hydroxyl groups is 1. The first-order valence-corrected chi connectivity index (χ1v) is 5.71. The van der Waals surface area contributed by atoms with E-state index in [-0.39, 0.29) is 24.1 Å². The van der Waals surface area contributed by atoms with Gasteiger partial charge in [0.1, 0.15) is 0 Å². The summed E-state index contributed by atoms with van der Waals surface area (Å²) < 4.78 is 0. The third kappa shape index (κ3) is 3.11. The number of carbonyl (C=O) groups is 1. The Morgan fingerprint density at radius 3 is 2.44 bits per heavy atom. The second-order valence-electron chi connectivity index (χ2n) is 3.36. The van der Waals surface area contributed by atoms with E-state index in [4.69, 9.17) is 28.3 Å². The molecule has 2 N–H and O–H groups in total. The standard InChI is InChI=1S/C11H13Cl2NO2/c1-2-7(6-15)14-11(16)10-8(12)4-3-5-9(10)13/h3-5,7,15H,2,6H2,1H3,(H,14,16). The summed E-state index contributed by atoms with van der Waals surface area (Å²) in [5.41, 5.74) is 0.248. The number of nitrogens with one attached hydrogen (secondary N) is 1. The lowest BCUT2D eigenvalue weighted by atomic mass is 10.1. The van der Waals surface area contributed by atoms with Gasteiger partial charge in [-0.1, -0.05) is 36.2 Å². The molecular weight excluding hydrogens is 249 g/mol. The van der Waals surface area contributed by atoms with Crippen LogP contribution in [-0.2, 0) is 0 Å². The van der Waals surface area contributed by atoms with Gasteiger partial charge in [-0.3, -0.25) is 4.79 Å². The van der Waals surface area contributed by atoms with E-state index in [1.54, 1.807) is 18.2 Å². The zero-order valence-corrected chi connectivity index (χ0v) is 10.3. The fraction of sp³-hybridized carbons (Fsp3) is 0.364. The predicted octanol–water partition coefficient (Wildman–Crippen LogP) is 2.49. The van der Waals surface area contributed by atoms with Gasteiger partial charge in [0.25, 0.3) is 5.91 Å². The second-order valence-corrected chi connectivity index (χ2v) is 4.17. The Morgan fingerprint density at radius 1 is 1.44 bits per heavy atom. The van der Waals surface area contributed by atoms with Crippen molar-refractivity contribution in [3.05, 3.63) is 33.8 Å². The summed E-state index contributed by atoms with van der Waals surface area (Å²) in [5.74, 6) is -0.364. The SMILES string of the molecule is CCC(CO)NC(=O)c1c(Cl)cccc1Cl. The van der Waals surface area contributed by atoms with Crippen LogP contribution >= 0.6 is 23.2 Å². The predicted molar refractivity (Wildman–Crippen MR) is 65.1 cm³/mol. The number of halogens is 2. The fourth-order valence-corrected chi connectivity index (χ4v) is 1.82. The first kappa shape index (κ1) is 13.3. The van der Waals surface area contributed by atoms with Gasteiger partial charge in [-0.2, -0.15) is 0 Å². The minimum atomic E-state index is -0.364. The lowest BCUT2D eigenvalue weighted by molar-refractivity contribution is 0.0915. The molecule has 1 rings (SSSR count). The minimum absolute atomic E-state index is 0.107. The molecule has 1 unspecified atom stereocenters. The van der Waals surface area contributed by atoms with Crippen molar-refractivity contribution in [3.63, 3.8) is 0 Å². The van der Waals surface area contributed by atoms with Gasteiger partial charge in [0.2, 0.25) is 0 Å². The van der Waals surface area contributed by atoms with Gasteiger partial charge in [0, 0.05) is 0 Å². The van der Waals surface area contributed by atoms with Crippen molar-refractivity contribution in [2.45, 2.75) is 19.4 Å². The van der Waals surface area contributed by atoms with E-state index in [0.717, 1.165) is 0 Å². The van der Waals surface area contributed by atoms with Crippen molar-refractivity contribution >= 4 is 29.1 Å². The molecule has 16 heavy (non-hydrogen) atoms. The van der Waals surface area contributed by atoms with E-state index in [1.807, 2.05) is 6.92 Å². The van der Waals surface area contributed by atoms with Crippen molar-refractivity contribution in [2.75, 3.05) is 6.61 Å². The summed E-state index contributed by atoms with van der Waals surface area (Å²) >= 11 is 11.8. The van der Waals surface area contributed by atoms with Gasteiger partial charge in [0.05, 0.1) is 28.3 Å². The molecule has 1 amide bonds. The number of hydrogen-bond acceptors (Lipinski definition) is 2. The average Bonchev–Trinajstić information content (AvgIpc) is 2.25. The molecule has 1 atom stereocenters. The fourth-order valence-electron chi connectivity index (χ4n) is 1.25. The summed E-state index contributed by atoms with van der Waals surface area (Å²) in [6, 6.07) is 4.59. The van der Waals surface area contributed by atoms with Crippen LogP contribution in [0.5, 0.6) is 0 Å². The topological polar surface area (TPSA) is 49.3 Å². The summed E-state index contributed by atoms with van der Waals surface area (Å²) in [4.78, 5) is 11.8. The van der Waals surface area contributed by atoms with Gasteiger partial charge in [-0.15, -0.1) is 0 Å². The molecule has 0 saturated heterocycles. The van der Waals surface area contributed by atoms with Crippen molar-refractivity contribution in [1.82, 2.24) is 5.32 Å². The maximum Gasteiger partial charge on any atom is 0.254 e. The highest BCUT2D eigenvalue weighted by Crippen LogP contribution is 2.24. The Labute approximate surface area is 104 Å². The molecule has 0 spiro atoms. The molecule has 1 aromatic rings. The molecule has 0 heterocycles. The molecule has 5 heteroatoms. The Balaban J connectivity index is 2.88.